The maximum atomic E-state index is 9.19. The highest BCUT2D eigenvalue weighted by atomic mass is 15.4. The second-order valence-corrected chi connectivity index (χ2v) is 7.08. The van der Waals surface area contributed by atoms with E-state index in [0.717, 1.165) is 47.7 Å². The third kappa shape index (κ3) is 3.82. The Kier molecular flexibility index (Phi) is 5.24. The van der Waals surface area contributed by atoms with Crippen LogP contribution in [0.2, 0.25) is 0 Å². The van der Waals surface area contributed by atoms with Gasteiger partial charge in [-0.25, -0.2) is 15.0 Å². The van der Waals surface area contributed by atoms with E-state index < -0.39 is 0 Å². The third-order valence-electron chi connectivity index (χ3n) is 5.13. The molecule has 1 saturated heterocycles. The van der Waals surface area contributed by atoms with E-state index in [-0.39, 0.29) is 6.04 Å². The van der Waals surface area contributed by atoms with Crippen LogP contribution in [0.1, 0.15) is 18.2 Å². The first-order valence-electron chi connectivity index (χ1n) is 9.57. The lowest BCUT2D eigenvalue weighted by atomic mass is 10.1. The predicted molar refractivity (Wildman–Crippen MR) is 111 cm³/mol. The zero-order valence-electron chi connectivity index (χ0n) is 16.5. The molecule has 1 fully saturated rings. The highest BCUT2D eigenvalue weighted by Gasteiger charge is 2.28. The van der Waals surface area contributed by atoms with Crippen molar-refractivity contribution in [3.05, 3.63) is 48.2 Å². The zero-order valence-corrected chi connectivity index (χ0v) is 16.5. The summed E-state index contributed by atoms with van der Waals surface area (Å²) in [5.41, 5.74) is 2.85. The number of aliphatic imine (C=N–C) groups is 1. The topological polar surface area (TPSA) is 109 Å². The molecule has 1 atom stereocenters. The van der Waals surface area contributed by atoms with Crippen LogP contribution in [-0.2, 0) is 6.54 Å². The number of hydrogen-bond donors (Lipinski definition) is 2. The van der Waals surface area contributed by atoms with Crippen LogP contribution < -0.4 is 10.2 Å². The molecular weight excluding hydrogens is 366 g/mol. The van der Waals surface area contributed by atoms with Gasteiger partial charge in [0.2, 0.25) is 5.96 Å². The number of nitrogens with zero attached hydrogens (tertiary/aromatic N) is 7. The van der Waals surface area contributed by atoms with E-state index in [4.69, 9.17) is 0 Å². The van der Waals surface area contributed by atoms with E-state index in [1.807, 2.05) is 30.6 Å². The van der Waals surface area contributed by atoms with Crippen molar-refractivity contribution in [3.8, 4) is 6.19 Å². The minimum atomic E-state index is 0.149. The molecule has 9 heteroatoms. The molecule has 4 rings (SSSR count). The lowest BCUT2D eigenvalue weighted by Crippen LogP contribution is -2.56. The van der Waals surface area contributed by atoms with Crippen molar-refractivity contribution < 1.29 is 0 Å². The maximum Gasteiger partial charge on any atom is 0.208 e. The molecule has 4 heterocycles. The van der Waals surface area contributed by atoms with Gasteiger partial charge in [-0.05, 0) is 31.5 Å². The van der Waals surface area contributed by atoms with E-state index in [1.54, 1.807) is 12.5 Å². The summed E-state index contributed by atoms with van der Waals surface area (Å²) in [7, 11) is 0. The fourth-order valence-corrected chi connectivity index (χ4v) is 3.70. The summed E-state index contributed by atoms with van der Waals surface area (Å²) in [4.78, 5) is 25.4. The molecule has 3 aromatic heterocycles. The van der Waals surface area contributed by atoms with E-state index >= 15 is 0 Å². The summed E-state index contributed by atoms with van der Waals surface area (Å²) in [5, 5.41) is 13.0. The van der Waals surface area contributed by atoms with E-state index in [1.165, 1.54) is 0 Å². The summed E-state index contributed by atoms with van der Waals surface area (Å²) in [6.45, 7) is 6.89. The number of anilines is 1. The van der Waals surface area contributed by atoms with Gasteiger partial charge < -0.3 is 14.8 Å². The molecule has 0 amide bonds. The monoisotopic (exact) mass is 389 g/mol. The number of fused-ring (bicyclic) bond motifs is 1. The number of aryl methyl sites for hydroxylation is 1. The number of aromatic amines is 1. The van der Waals surface area contributed by atoms with Crippen molar-refractivity contribution >= 4 is 22.8 Å². The molecule has 148 valence electrons. The van der Waals surface area contributed by atoms with Crippen molar-refractivity contribution in [2.45, 2.75) is 26.4 Å². The van der Waals surface area contributed by atoms with Gasteiger partial charge in [0, 0.05) is 38.1 Å². The molecule has 0 radical (unpaired) electrons. The molecular formula is C20H23N9. The normalized spacial score (nSPS) is 17.4. The van der Waals surface area contributed by atoms with Crippen molar-refractivity contribution in [1.29, 1.82) is 5.26 Å². The number of rotatable bonds is 3. The van der Waals surface area contributed by atoms with Crippen LogP contribution in [0.4, 0.5) is 5.82 Å². The smallest absolute Gasteiger partial charge is 0.208 e. The van der Waals surface area contributed by atoms with Crippen LogP contribution in [0.25, 0.3) is 11.0 Å². The van der Waals surface area contributed by atoms with E-state index in [2.05, 4.69) is 53.9 Å². The number of aromatic nitrogens is 4. The summed E-state index contributed by atoms with van der Waals surface area (Å²) in [5.74, 6) is 1.52. The van der Waals surface area contributed by atoms with Gasteiger partial charge in [0.05, 0.1) is 17.6 Å². The molecule has 1 aliphatic rings. The van der Waals surface area contributed by atoms with Crippen LogP contribution in [0, 0.1) is 18.4 Å². The molecule has 0 saturated carbocycles. The van der Waals surface area contributed by atoms with Gasteiger partial charge >= 0.3 is 0 Å². The number of pyridine rings is 1. The summed E-state index contributed by atoms with van der Waals surface area (Å²) in [6, 6.07) is 5.88. The number of piperazine rings is 1. The second-order valence-electron chi connectivity index (χ2n) is 7.08. The molecule has 0 spiro atoms. The van der Waals surface area contributed by atoms with Crippen molar-refractivity contribution in [3.63, 3.8) is 0 Å². The van der Waals surface area contributed by atoms with Gasteiger partial charge in [-0.15, -0.1) is 0 Å². The summed E-state index contributed by atoms with van der Waals surface area (Å²) >= 11 is 0. The highest BCUT2D eigenvalue weighted by Crippen LogP contribution is 2.27. The summed E-state index contributed by atoms with van der Waals surface area (Å²) < 4.78 is 0. The first kappa shape index (κ1) is 18.7. The average molecular weight is 389 g/mol. The molecule has 3 aromatic rings. The first-order chi connectivity index (χ1) is 14.2. The average Bonchev–Trinajstić information content (AvgIpc) is 3.13. The first-order valence-corrected chi connectivity index (χ1v) is 9.57. The molecule has 1 aliphatic heterocycles. The Bertz CT molecular complexity index is 1050. The molecule has 0 aromatic carbocycles. The van der Waals surface area contributed by atoms with Gasteiger partial charge in [-0.1, -0.05) is 6.07 Å². The Morgan fingerprint density at radius 1 is 1.34 bits per heavy atom. The highest BCUT2D eigenvalue weighted by molar-refractivity contribution is 5.90. The molecule has 2 N–H and O–H groups in total. The number of nitriles is 1. The minimum absolute atomic E-state index is 0.149. The molecule has 0 bridgehead atoms. The van der Waals surface area contributed by atoms with Gasteiger partial charge in [0.15, 0.2) is 6.19 Å². The Balaban J connectivity index is 1.52. The Hall–Kier alpha value is -3.67. The van der Waals surface area contributed by atoms with Gasteiger partial charge in [-0.2, -0.15) is 5.26 Å². The molecule has 1 unspecified atom stereocenters. The van der Waals surface area contributed by atoms with Crippen LogP contribution in [0.15, 0.2) is 41.9 Å². The largest absolute Gasteiger partial charge is 0.352 e. The number of nitrogens with one attached hydrogen (secondary N) is 2. The minimum Gasteiger partial charge on any atom is -0.352 e. The van der Waals surface area contributed by atoms with Gasteiger partial charge in [0.25, 0.3) is 0 Å². The maximum absolute atomic E-state index is 9.19. The molecule has 0 aliphatic carbocycles. The van der Waals surface area contributed by atoms with Crippen LogP contribution in [-0.4, -0.2) is 56.5 Å². The van der Waals surface area contributed by atoms with Crippen molar-refractivity contribution in [1.82, 2.24) is 30.2 Å². The van der Waals surface area contributed by atoms with E-state index in [9.17, 15) is 5.26 Å². The lowest BCUT2D eigenvalue weighted by molar-refractivity contribution is 0.290. The van der Waals surface area contributed by atoms with E-state index in [0.29, 0.717) is 12.5 Å². The second kappa shape index (κ2) is 8.14. The number of hydrogen-bond acceptors (Lipinski definition) is 6. The van der Waals surface area contributed by atoms with Crippen molar-refractivity contribution in [2.24, 2.45) is 4.99 Å². The predicted octanol–water partition coefficient (Wildman–Crippen LogP) is 1.80. The molecule has 29 heavy (non-hydrogen) atoms. The fraction of sp³-hybridized carbons (Fsp3) is 0.350. The summed E-state index contributed by atoms with van der Waals surface area (Å²) in [6.07, 6.45) is 7.32. The third-order valence-corrected chi connectivity index (χ3v) is 5.13. The zero-order chi connectivity index (χ0) is 20.2. The quantitative estimate of drug-likeness (QED) is 0.304. The van der Waals surface area contributed by atoms with Crippen LogP contribution in [0.5, 0.6) is 0 Å². The Labute approximate surface area is 169 Å². The van der Waals surface area contributed by atoms with Gasteiger partial charge in [-0.3, -0.25) is 10.3 Å². The standard InChI is InChI=1S/C20H23N9/c1-14-9-23-18-17(14)19(27-13-26-18)28-7-8-29(15(2)11-28)20(25-12-21)24-10-16-5-3-4-6-22-16/h3-6,9,13,15H,7-8,10-11H2,1-2H3,(H,24,25)(H,23,26,27). The Morgan fingerprint density at radius 3 is 3.00 bits per heavy atom. The van der Waals surface area contributed by atoms with Crippen molar-refractivity contribution in [2.75, 3.05) is 24.5 Å². The van der Waals surface area contributed by atoms with Crippen LogP contribution in [0.3, 0.4) is 0 Å². The number of H-pyrrole nitrogens is 1. The number of guanidine groups is 1. The SMILES string of the molecule is Cc1c[nH]c2ncnc(N3CCN(C(=NCc4ccccn4)NC#N)C(C)C3)c12. The van der Waals surface area contributed by atoms with Gasteiger partial charge in [0.1, 0.15) is 17.8 Å². The van der Waals surface area contributed by atoms with Crippen LogP contribution >= 0.6 is 0 Å². The molecule has 9 nitrogen and oxygen atoms in total. The fourth-order valence-electron chi connectivity index (χ4n) is 3.70. The lowest BCUT2D eigenvalue weighted by Gasteiger charge is -2.41. The Morgan fingerprint density at radius 2 is 2.24 bits per heavy atom.